The van der Waals surface area contributed by atoms with E-state index < -0.39 is 23.9 Å². The van der Waals surface area contributed by atoms with Crippen LogP contribution in [0.1, 0.15) is 5.56 Å². The van der Waals surface area contributed by atoms with Gasteiger partial charge in [-0.25, -0.2) is 0 Å². The molecule has 5 N–H and O–H groups in total. The highest BCUT2D eigenvalue weighted by Crippen LogP contribution is 2.27. The van der Waals surface area contributed by atoms with Gasteiger partial charge in [-0.1, -0.05) is 18.2 Å². The summed E-state index contributed by atoms with van der Waals surface area (Å²) in [5.41, 5.74) is 13.5. The molecule has 0 saturated heterocycles. The number of carbonyl (C=O) groups excluding carboxylic acids is 2. The number of anilines is 3. The van der Waals surface area contributed by atoms with Gasteiger partial charge in [0.05, 0.1) is 21.9 Å². The normalized spacial score (nSPS) is 12.1. The summed E-state index contributed by atoms with van der Waals surface area (Å²) in [4.78, 5) is 51.0. The summed E-state index contributed by atoms with van der Waals surface area (Å²) in [6.45, 7) is -0.178. The Labute approximate surface area is 208 Å². The van der Waals surface area contributed by atoms with Gasteiger partial charge < -0.3 is 21.5 Å². The smallest absolute Gasteiger partial charge is 0.247 e. The Hall–Kier alpha value is -4.46. The van der Waals surface area contributed by atoms with Crippen LogP contribution in [0.5, 0.6) is 0 Å². The Morgan fingerprint density at radius 1 is 0.806 bits per heavy atom. The molecule has 2 aromatic rings. The average molecular weight is 502 g/mol. The largest absolute Gasteiger partial charge is 0.396 e. The van der Waals surface area contributed by atoms with Crippen molar-refractivity contribution in [2.75, 3.05) is 49.7 Å². The van der Waals surface area contributed by atoms with Crippen LogP contribution in [-0.2, 0) is 16.0 Å². The second-order valence-electron chi connectivity index (χ2n) is 8.06. The van der Waals surface area contributed by atoms with E-state index in [1.807, 2.05) is 19.0 Å². The second-order valence-corrected chi connectivity index (χ2v) is 8.06. The first-order chi connectivity index (χ1) is 17.1. The molecule has 0 fully saturated rings. The summed E-state index contributed by atoms with van der Waals surface area (Å²) in [6.07, 6.45) is 0.237. The van der Waals surface area contributed by atoms with Crippen molar-refractivity contribution >= 4 is 28.9 Å². The summed E-state index contributed by atoms with van der Waals surface area (Å²) in [7, 11) is 6.55. The van der Waals surface area contributed by atoms with Crippen LogP contribution in [0.2, 0.25) is 0 Å². The fraction of sp³-hybridized carbons (Fsp3) is 0.364. The number of nitrogens with two attached hydrogens (primary N) is 2. The fourth-order valence-corrected chi connectivity index (χ4v) is 3.73. The van der Waals surface area contributed by atoms with E-state index in [1.165, 1.54) is 24.1 Å². The molecule has 0 aliphatic carbocycles. The molecule has 2 unspecified atom stereocenters. The molecule has 0 saturated carbocycles. The first-order valence-corrected chi connectivity index (χ1v) is 10.9. The highest BCUT2D eigenvalue weighted by molar-refractivity contribution is 5.91. The molecule has 14 nitrogen and oxygen atoms in total. The first-order valence-electron chi connectivity index (χ1n) is 10.9. The van der Waals surface area contributed by atoms with Crippen molar-refractivity contribution in [1.82, 2.24) is 10.2 Å². The molecule has 0 aliphatic rings. The molecule has 2 atom stereocenters. The third kappa shape index (κ3) is 5.96. The van der Waals surface area contributed by atoms with Crippen LogP contribution in [-0.4, -0.2) is 74.0 Å². The maximum absolute atomic E-state index is 12.6. The van der Waals surface area contributed by atoms with Gasteiger partial charge >= 0.3 is 0 Å². The third-order valence-electron chi connectivity index (χ3n) is 5.62. The Balaban J connectivity index is 2.53. The number of hydrogen-bond donors (Lipinski definition) is 3. The minimum Gasteiger partial charge on any atom is -0.396 e. The number of carbonyl (C=O) groups is 2. The van der Waals surface area contributed by atoms with E-state index in [9.17, 15) is 24.5 Å². The monoisotopic (exact) mass is 501 g/mol. The van der Waals surface area contributed by atoms with Gasteiger partial charge in [-0.05, 0) is 42.3 Å². The molecule has 14 heteroatoms. The average Bonchev–Trinajstić information content (AvgIpc) is 2.85. The summed E-state index contributed by atoms with van der Waals surface area (Å²) < 4.78 is 0. The maximum atomic E-state index is 12.6. The zero-order valence-corrected chi connectivity index (χ0v) is 20.6. The Morgan fingerprint density at radius 2 is 1.28 bits per heavy atom. The van der Waals surface area contributed by atoms with E-state index in [2.05, 4.69) is 10.6 Å². The molecular weight excluding hydrogens is 470 g/mol. The number of para-hydroxylation sites is 1. The number of hydrazine groups is 2. The number of benzene rings is 2. The topological polar surface area (TPSA) is 181 Å². The highest BCUT2D eigenvalue weighted by atomic mass is 16.3. The van der Waals surface area contributed by atoms with Crippen LogP contribution in [0.15, 0.2) is 59.1 Å². The lowest BCUT2D eigenvalue weighted by molar-refractivity contribution is -0.135. The molecule has 36 heavy (non-hydrogen) atoms. The van der Waals surface area contributed by atoms with Crippen molar-refractivity contribution in [3.8, 4) is 0 Å². The highest BCUT2D eigenvalue weighted by Gasteiger charge is 2.45. The van der Waals surface area contributed by atoms with Crippen LogP contribution in [0, 0.1) is 9.81 Å². The zero-order valence-electron chi connectivity index (χ0n) is 20.6. The summed E-state index contributed by atoms with van der Waals surface area (Å²) in [5, 5.41) is 18.9. The first kappa shape index (κ1) is 27.8. The minimum absolute atomic E-state index is 0.178. The molecule has 0 aliphatic heterocycles. The van der Waals surface area contributed by atoms with Crippen molar-refractivity contribution in [2.24, 2.45) is 22.0 Å². The van der Waals surface area contributed by atoms with Gasteiger partial charge in [0, 0.05) is 40.5 Å². The van der Waals surface area contributed by atoms with Crippen molar-refractivity contribution in [2.45, 2.75) is 18.5 Å². The van der Waals surface area contributed by atoms with Crippen LogP contribution in [0.3, 0.4) is 0 Å². The number of primary amides is 2. The van der Waals surface area contributed by atoms with Gasteiger partial charge in [-0.2, -0.15) is 10.2 Å². The molecule has 0 radical (unpaired) electrons. The van der Waals surface area contributed by atoms with Gasteiger partial charge in [0.1, 0.15) is 0 Å². The summed E-state index contributed by atoms with van der Waals surface area (Å²) in [6, 6.07) is 9.95. The van der Waals surface area contributed by atoms with Crippen molar-refractivity contribution in [3.05, 3.63) is 63.9 Å². The zero-order chi connectivity index (χ0) is 27.0. The van der Waals surface area contributed by atoms with E-state index in [1.54, 1.807) is 48.5 Å². The van der Waals surface area contributed by atoms with Gasteiger partial charge in [-0.15, -0.1) is 9.81 Å². The quantitative estimate of drug-likeness (QED) is 0.241. The van der Waals surface area contributed by atoms with Gasteiger partial charge in [0.2, 0.25) is 11.8 Å². The Kier molecular flexibility index (Phi) is 9.50. The van der Waals surface area contributed by atoms with E-state index in [0.29, 0.717) is 27.2 Å². The van der Waals surface area contributed by atoms with Crippen molar-refractivity contribution < 1.29 is 14.7 Å². The van der Waals surface area contributed by atoms with Crippen LogP contribution in [0.4, 0.5) is 17.1 Å². The molecule has 2 rings (SSSR count). The fourth-order valence-electron chi connectivity index (χ4n) is 3.73. The third-order valence-corrected chi connectivity index (χ3v) is 5.62. The SMILES string of the molecule is CN(C)c1ccc(N(C)N(N=O)C(C(N)=O)C(C(N)=O)N(N=O)N(C)c2ccccc2CCO)cc1. The predicted octanol–water partition coefficient (Wildman–Crippen LogP) is 0.365. The molecular formula is C22H31N9O5. The van der Waals surface area contributed by atoms with Crippen LogP contribution in [0.25, 0.3) is 0 Å². The summed E-state index contributed by atoms with van der Waals surface area (Å²) in [5.74, 6) is -2.31. The molecule has 0 heterocycles. The molecule has 2 aromatic carbocycles. The molecule has 0 bridgehead atoms. The van der Waals surface area contributed by atoms with Crippen molar-refractivity contribution in [1.29, 1.82) is 0 Å². The maximum Gasteiger partial charge on any atom is 0.247 e. The van der Waals surface area contributed by atoms with Gasteiger partial charge in [0.25, 0.3) is 0 Å². The van der Waals surface area contributed by atoms with E-state index in [4.69, 9.17) is 11.5 Å². The van der Waals surface area contributed by atoms with Crippen LogP contribution >= 0.6 is 0 Å². The minimum atomic E-state index is -1.83. The number of amides is 2. The number of rotatable bonds is 14. The lowest BCUT2D eigenvalue weighted by Crippen LogP contribution is -2.65. The molecule has 0 aromatic heterocycles. The van der Waals surface area contributed by atoms with E-state index in [0.717, 1.165) is 5.69 Å². The lowest BCUT2D eigenvalue weighted by Gasteiger charge is -2.40. The van der Waals surface area contributed by atoms with E-state index in [-0.39, 0.29) is 13.0 Å². The van der Waals surface area contributed by atoms with Gasteiger partial charge in [0.15, 0.2) is 12.1 Å². The summed E-state index contributed by atoms with van der Waals surface area (Å²) >= 11 is 0. The second kappa shape index (κ2) is 12.3. The number of hydrogen-bond acceptors (Lipinski definition) is 10. The van der Waals surface area contributed by atoms with Crippen molar-refractivity contribution in [3.63, 3.8) is 0 Å². The molecule has 0 spiro atoms. The number of aliphatic hydroxyl groups excluding tert-OH is 1. The molecule has 2 amide bonds. The lowest BCUT2D eigenvalue weighted by atomic mass is 10.1. The van der Waals surface area contributed by atoms with Gasteiger partial charge in [-0.3, -0.25) is 19.6 Å². The number of nitrogens with zero attached hydrogens (tertiary/aromatic N) is 7. The predicted molar refractivity (Wildman–Crippen MR) is 136 cm³/mol. The molecule has 194 valence electrons. The Morgan fingerprint density at radius 3 is 1.72 bits per heavy atom. The van der Waals surface area contributed by atoms with E-state index >= 15 is 0 Å². The standard InChI is InChI=1S/C22H31N9O5/c1-27(2)16-9-11-17(12-10-16)28(3)30(25-35)19(21(23)33)20(22(24)34)31(26-36)29(4)18-8-6-5-7-15(18)13-14-32/h5-12,19-20,32H,13-14H2,1-4H3,(H2,23,33)(H2,24,34). The number of aliphatic hydroxyl groups is 1. The van der Waals surface area contributed by atoms with Crippen LogP contribution < -0.4 is 26.4 Å². The number of nitroso groups, excluding NO2 is 2. The Bertz CT molecular complexity index is 1070.